The van der Waals surface area contributed by atoms with Crippen LogP contribution in [-0.2, 0) is 6.42 Å². The van der Waals surface area contributed by atoms with Crippen LogP contribution < -0.4 is 0 Å². The predicted octanol–water partition coefficient (Wildman–Crippen LogP) is 18.6. The molecule has 7 aromatic carbocycles. The first-order valence-electron chi connectivity index (χ1n) is 24.2. The molecule has 0 aromatic heterocycles. The third kappa shape index (κ3) is 9.12. The van der Waals surface area contributed by atoms with E-state index in [1.165, 1.54) is 104 Å². The summed E-state index contributed by atoms with van der Waals surface area (Å²) in [7, 11) is 0. The Morgan fingerprint density at radius 1 is 0.706 bits per heavy atom. The molecule has 2 unspecified atom stereocenters. The number of thiol groups is 1. The van der Waals surface area contributed by atoms with Crippen LogP contribution in [0.15, 0.2) is 275 Å². The van der Waals surface area contributed by atoms with E-state index in [2.05, 4.69) is 245 Å². The van der Waals surface area contributed by atoms with E-state index in [9.17, 15) is 0 Å². The molecule has 0 N–H and O–H groups in total. The second-order valence-corrected chi connectivity index (χ2v) is 18.7. The van der Waals surface area contributed by atoms with E-state index in [0.29, 0.717) is 11.8 Å². The SMILES string of the molecule is C=C(/C=C\C(=C/C)c1cc2ccccc2c2ccccc12)C1=C2C=CCC(C)C2=C(/C=C/C=C(\C=C/S)Cc2cc3ccccc3c3ccccc23)C/C1=C\CC1=CC=CCC1c1ccccc1. The first-order chi connectivity index (χ1) is 33.5. The quantitative estimate of drug-likeness (QED) is 0.0705. The molecule has 0 radical (unpaired) electrons. The van der Waals surface area contributed by atoms with Crippen LogP contribution in [0.25, 0.3) is 48.7 Å². The lowest BCUT2D eigenvalue weighted by Gasteiger charge is -2.32. The van der Waals surface area contributed by atoms with Crippen molar-refractivity contribution >= 4 is 61.3 Å². The molecule has 2 atom stereocenters. The molecule has 0 spiro atoms. The summed E-state index contributed by atoms with van der Waals surface area (Å²) in [5.41, 5.74) is 15.5. The summed E-state index contributed by atoms with van der Waals surface area (Å²) >= 11 is 4.58. The summed E-state index contributed by atoms with van der Waals surface area (Å²) in [4.78, 5) is 0. The normalized spacial score (nSPS) is 18.7. The zero-order valence-corrected chi connectivity index (χ0v) is 40.1. The van der Waals surface area contributed by atoms with Gasteiger partial charge in [-0.3, -0.25) is 0 Å². The minimum Gasteiger partial charge on any atom is -0.151 e. The van der Waals surface area contributed by atoms with Gasteiger partial charge in [0.25, 0.3) is 0 Å². The van der Waals surface area contributed by atoms with Gasteiger partial charge in [-0.15, -0.1) is 0 Å². The van der Waals surface area contributed by atoms with Crippen LogP contribution >= 0.6 is 12.6 Å². The molecule has 0 bridgehead atoms. The Balaban J connectivity index is 1.04. The highest BCUT2D eigenvalue weighted by Gasteiger charge is 2.29. The molecule has 3 aliphatic rings. The maximum Gasteiger partial charge on any atom is 0.00890 e. The van der Waals surface area contributed by atoms with Crippen LogP contribution in [0.1, 0.15) is 62.1 Å². The second kappa shape index (κ2) is 20.4. The van der Waals surface area contributed by atoms with Crippen molar-refractivity contribution in [3.05, 3.63) is 292 Å². The van der Waals surface area contributed by atoms with Gasteiger partial charge in [0, 0.05) is 5.92 Å². The van der Waals surface area contributed by atoms with Crippen molar-refractivity contribution in [2.24, 2.45) is 5.92 Å². The molecule has 0 saturated carbocycles. The Morgan fingerprint density at radius 3 is 2.10 bits per heavy atom. The van der Waals surface area contributed by atoms with Crippen LogP contribution in [-0.4, -0.2) is 0 Å². The highest BCUT2D eigenvalue weighted by Crippen LogP contribution is 2.46. The van der Waals surface area contributed by atoms with Crippen LogP contribution in [0.2, 0.25) is 0 Å². The molecule has 0 amide bonds. The molecule has 0 saturated heterocycles. The van der Waals surface area contributed by atoms with Gasteiger partial charge < -0.3 is 0 Å². The molecule has 7 aromatic rings. The first-order valence-corrected chi connectivity index (χ1v) is 24.8. The van der Waals surface area contributed by atoms with Crippen LogP contribution in [0, 0.1) is 5.92 Å². The molecule has 3 aliphatic carbocycles. The van der Waals surface area contributed by atoms with Gasteiger partial charge in [-0.1, -0.05) is 232 Å². The standard InChI is InChI=1S/C67H58S/c1-4-49(65-45-53-26-10-13-30-59(53)62-33-16-17-34-63(62)65)37-36-47(3)67-55(39-38-51-24-8-11-28-57(51)50-22-6-5-7-23-50)44-54(66-46(2)20-18-35-64(66)67)27-19-21-48(40-41-68)42-56-43-52-25-9-12-29-58(52)61-32-15-14-31-60(56)61/h4-19,21-27,29-37,39-41,43,45-46,57,68H,3,20,28,38,42,44H2,1-2H3/b27-19+,37-36-,41-40-,48-21+,49-4+,55-39+. The van der Waals surface area contributed by atoms with E-state index in [4.69, 9.17) is 6.58 Å². The molecule has 10 rings (SSSR count). The summed E-state index contributed by atoms with van der Waals surface area (Å²) < 4.78 is 0. The number of rotatable bonds is 12. The van der Waals surface area contributed by atoms with E-state index < -0.39 is 0 Å². The lowest BCUT2D eigenvalue weighted by atomic mass is 9.72. The smallest absolute Gasteiger partial charge is 0.00890 e. The summed E-state index contributed by atoms with van der Waals surface area (Å²) in [6.45, 7) is 9.43. The maximum absolute atomic E-state index is 4.89. The zero-order chi connectivity index (χ0) is 46.4. The monoisotopic (exact) mass is 894 g/mol. The van der Waals surface area contributed by atoms with Gasteiger partial charge in [0.1, 0.15) is 0 Å². The van der Waals surface area contributed by atoms with Crippen molar-refractivity contribution in [3.8, 4) is 0 Å². The van der Waals surface area contributed by atoms with Crippen molar-refractivity contribution < 1.29 is 0 Å². The minimum atomic E-state index is 0.359. The average molecular weight is 895 g/mol. The molecular formula is C67H58S. The number of hydrogen-bond donors (Lipinski definition) is 1. The van der Waals surface area contributed by atoms with E-state index in [1.807, 2.05) is 5.41 Å². The van der Waals surface area contributed by atoms with Crippen molar-refractivity contribution in [3.63, 3.8) is 0 Å². The topological polar surface area (TPSA) is 0 Å². The Hall–Kier alpha value is -7.19. The summed E-state index contributed by atoms with van der Waals surface area (Å²) in [6.07, 6.45) is 34.6. The molecule has 0 fully saturated rings. The lowest BCUT2D eigenvalue weighted by molar-refractivity contribution is 0.677. The molecule has 1 heteroatoms. The third-order valence-electron chi connectivity index (χ3n) is 14.2. The number of hydrogen-bond acceptors (Lipinski definition) is 1. The summed E-state index contributed by atoms with van der Waals surface area (Å²) in [5.74, 6) is 0.731. The third-order valence-corrected chi connectivity index (χ3v) is 14.4. The molecule has 68 heavy (non-hydrogen) atoms. The predicted molar refractivity (Wildman–Crippen MR) is 299 cm³/mol. The Bertz CT molecular complexity index is 3450. The van der Waals surface area contributed by atoms with E-state index in [-0.39, 0.29) is 0 Å². The fourth-order valence-electron chi connectivity index (χ4n) is 11.0. The largest absolute Gasteiger partial charge is 0.151 e. The first kappa shape index (κ1) is 44.6. The van der Waals surface area contributed by atoms with Crippen molar-refractivity contribution in [2.75, 3.05) is 0 Å². The highest BCUT2D eigenvalue weighted by molar-refractivity contribution is 7.83. The van der Waals surface area contributed by atoms with Gasteiger partial charge in [-0.05, 0) is 161 Å². The van der Waals surface area contributed by atoms with Crippen LogP contribution in [0.3, 0.4) is 0 Å². The zero-order valence-electron chi connectivity index (χ0n) is 39.2. The fourth-order valence-corrected chi connectivity index (χ4v) is 11.1. The van der Waals surface area contributed by atoms with Crippen molar-refractivity contribution in [1.29, 1.82) is 0 Å². The number of allylic oxidation sites excluding steroid dienone is 22. The molecule has 0 heterocycles. The molecule has 332 valence electrons. The molecule has 0 nitrogen and oxygen atoms in total. The Kier molecular flexibility index (Phi) is 13.4. The summed E-state index contributed by atoms with van der Waals surface area (Å²) in [6, 6.07) is 50.8. The van der Waals surface area contributed by atoms with Crippen molar-refractivity contribution in [2.45, 2.75) is 51.9 Å². The maximum atomic E-state index is 4.89. The van der Waals surface area contributed by atoms with Gasteiger partial charge in [0.2, 0.25) is 0 Å². The van der Waals surface area contributed by atoms with Crippen LogP contribution in [0.5, 0.6) is 0 Å². The van der Waals surface area contributed by atoms with Gasteiger partial charge in [0.15, 0.2) is 0 Å². The van der Waals surface area contributed by atoms with Crippen LogP contribution in [0.4, 0.5) is 0 Å². The number of fused-ring (bicyclic) bond motifs is 7. The average Bonchev–Trinajstić information content (AvgIpc) is 3.38. The lowest BCUT2D eigenvalue weighted by Crippen LogP contribution is -2.16. The Morgan fingerprint density at radius 2 is 1.37 bits per heavy atom. The van der Waals surface area contributed by atoms with Crippen molar-refractivity contribution in [1.82, 2.24) is 0 Å². The second-order valence-electron chi connectivity index (χ2n) is 18.4. The van der Waals surface area contributed by atoms with E-state index in [1.54, 1.807) is 0 Å². The number of benzene rings is 7. The van der Waals surface area contributed by atoms with Gasteiger partial charge >= 0.3 is 0 Å². The molecular weight excluding hydrogens is 837 g/mol. The van der Waals surface area contributed by atoms with E-state index in [0.717, 1.165) is 37.7 Å². The Labute approximate surface area is 408 Å². The van der Waals surface area contributed by atoms with Gasteiger partial charge in [-0.2, -0.15) is 12.6 Å². The fraction of sp³-hybridized carbons (Fsp3) is 0.134. The van der Waals surface area contributed by atoms with E-state index >= 15 is 0 Å². The summed E-state index contributed by atoms with van der Waals surface area (Å²) in [5, 5.41) is 12.1. The minimum absolute atomic E-state index is 0.359. The highest BCUT2D eigenvalue weighted by atomic mass is 32.1. The van der Waals surface area contributed by atoms with Gasteiger partial charge in [-0.25, -0.2) is 0 Å². The molecule has 0 aliphatic heterocycles. The van der Waals surface area contributed by atoms with Gasteiger partial charge in [0.05, 0.1) is 0 Å².